The molecule has 0 unspecified atom stereocenters. The van der Waals surface area contributed by atoms with E-state index in [4.69, 9.17) is 9.47 Å². The maximum absolute atomic E-state index is 12.5. The van der Waals surface area contributed by atoms with Gasteiger partial charge in [0.2, 0.25) is 0 Å². The molecule has 0 radical (unpaired) electrons. The minimum Gasteiger partial charge on any atom is -0.548 e. The van der Waals surface area contributed by atoms with Crippen molar-refractivity contribution in [3.63, 3.8) is 0 Å². The zero-order chi connectivity index (χ0) is 18.0. The van der Waals surface area contributed by atoms with Crippen LogP contribution in [0.5, 0.6) is 11.5 Å². The number of hydrogen-bond acceptors (Lipinski definition) is 5. The molecule has 7 heteroatoms. The lowest BCUT2D eigenvalue weighted by Gasteiger charge is -2.23. The zero-order valence-corrected chi connectivity index (χ0v) is 14.4. The van der Waals surface area contributed by atoms with Crippen LogP contribution >= 0.6 is 0 Å². The van der Waals surface area contributed by atoms with Crippen LogP contribution in [0.3, 0.4) is 0 Å². The van der Waals surface area contributed by atoms with Gasteiger partial charge >= 0.3 is 0 Å². The van der Waals surface area contributed by atoms with E-state index in [2.05, 4.69) is 5.32 Å². The Morgan fingerprint density at radius 3 is 2.21 bits per heavy atom. The van der Waals surface area contributed by atoms with Crippen molar-refractivity contribution >= 4 is 22.8 Å². The average Bonchev–Trinajstić information content (AvgIpc) is 2.86. The fourth-order valence-electron chi connectivity index (χ4n) is 2.59. The molecule has 1 heterocycles. The van der Waals surface area contributed by atoms with Gasteiger partial charge in [-0.1, -0.05) is 13.8 Å². The van der Waals surface area contributed by atoms with Crippen molar-refractivity contribution in [2.45, 2.75) is 19.9 Å². The van der Waals surface area contributed by atoms with Gasteiger partial charge in [-0.2, -0.15) is 0 Å². The van der Waals surface area contributed by atoms with Crippen molar-refractivity contribution < 1.29 is 24.2 Å². The summed E-state index contributed by atoms with van der Waals surface area (Å²) < 4.78 is 12.2. The summed E-state index contributed by atoms with van der Waals surface area (Å²) in [6.07, 6.45) is 0. The molecule has 2 aromatic rings. The van der Waals surface area contributed by atoms with Gasteiger partial charge in [0, 0.05) is 18.5 Å². The van der Waals surface area contributed by atoms with Crippen LogP contribution in [0.1, 0.15) is 24.3 Å². The highest BCUT2D eigenvalue weighted by molar-refractivity contribution is 6.00. The molecule has 0 aliphatic carbocycles. The summed E-state index contributed by atoms with van der Waals surface area (Å²) in [6.45, 7) is 3.41. The fourth-order valence-corrected chi connectivity index (χ4v) is 2.59. The minimum atomic E-state index is -1.31. The molecule has 0 saturated heterocycles. The van der Waals surface area contributed by atoms with E-state index < -0.39 is 17.9 Å². The maximum Gasteiger partial charge on any atom is 0.268 e. The topological polar surface area (TPSA) is 92.6 Å². The van der Waals surface area contributed by atoms with E-state index in [0.29, 0.717) is 17.2 Å². The molecule has 7 nitrogen and oxygen atoms in total. The Balaban J connectivity index is 2.44. The van der Waals surface area contributed by atoms with Crippen LogP contribution in [-0.2, 0) is 11.8 Å². The Kier molecular flexibility index (Phi) is 5.02. The van der Waals surface area contributed by atoms with Gasteiger partial charge in [0.25, 0.3) is 5.91 Å². The Morgan fingerprint density at radius 1 is 1.12 bits per heavy atom. The Bertz CT molecular complexity index is 779. The zero-order valence-electron chi connectivity index (χ0n) is 14.4. The van der Waals surface area contributed by atoms with E-state index in [9.17, 15) is 14.7 Å². The first-order valence-corrected chi connectivity index (χ1v) is 7.53. The van der Waals surface area contributed by atoms with Crippen LogP contribution in [0.2, 0.25) is 0 Å². The molecule has 1 aromatic carbocycles. The third-order valence-corrected chi connectivity index (χ3v) is 3.99. The number of aliphatic carboxylic acids is 1. The first-order valence-electron chi connectivity index (χ1n) is 7.53. The SMILES string of the molecule is COc1cc2cc(C(=O)N[C@H](C(=O)[O-])C(C)C)n(C)c2cc1OC. The standard InChI is InChI=1S/C17H22N2O5/c1-9(2)15(17(21)22)18-16(20)12-6-10-7-13(23-4)14(24-5)8-11(10)19(12)3/h6-9,15H,1-5H3,(H,18,20)(H,21,22)/p-1/t15-/m0/s1. The second-order valence-corrected chi connectivity index (χ2v) is 5.87. The molecule has 0 spiro atoms. The molecule has 0 aliphatic rings. The third-order valence-electron chi connectivity index (χ3n) is 3.99. The molecule has 2 rings (SSSR count). The molecule has 0 fully saturated rings. The molecule has 130 valence electrons. The smallest absolute Gasteiger partial charge is 0.268 e. The van der Waals surface area contributed by atoms with Crippen molar-refractivity contribution in [3.05, 3.63) is 23.9 Å². The molecule has 0 bridgehead atoms. The third kappa shape index (κ3) is 3.15. The van der Waals surface area contributed by atoms with Gasteiger partial charge in [-0.15, -0.1) is 0 Å². The van der Waals surface area contributed by atoms with Crippen molar-refractivity contribution in [1.82, 2.24) is 9.88 Å². The van der Waals surface area contributed by atoms with Gasteiger partial charge in [0.05, 0.1) is 31.7 Å². The fraction of sp³-hybridized carbons (Fsp3) is 0.412. The number of fused-ring (bicyclic) bond motifs is 1. The second-order valence-electron chi connectivity index (χ2n) is 5.87. The number of amides is 1. The van der Waals surface area contributed by atoms with Gasteiger partial charge in [0.1, 0.15) is 5.69 Å². The van der Waals surface area contributed by atoms with Crippen LogP contribution in [0.15, 0.2) is 18.2 Å². The van der Waals surface area contributed by atoms with E-state index in [1.807, 2.05) is 0 Å². The molecule has 0 aliphatic heterocycles. The van der Waals surface area contributed by atoms with Crippen LogP contribution < -0.4 is 19.9 Å². The number of nitrogens with zero attached hydrogens (tertiary/aromatic N) is 1. The summed E-state index contributed by atoms with van der Waals surface area (Å²) >= 11 is 0. The van der Waals surface area contributed by atoms with Crippen molar-refractivity contribution in [2.75, 3.05) is 14.2 Å². The molecule has 0 saturated carbocycles. The highest BCUT2D eigenvalue weighted by Gasteiger charge is 2.21. The monoisotopic (exact) mass is 333 g/mol. The van der Waals surface area contributed by atoms with E-state index in [-0.39, 0.29) is 5.92 Å². The first-order chi connectivity index (χ1) is 11.3. The number of carbonyl (C=O) groups excluding carboxylic acids is 2. The number of aromatic nitrogens is 1. The Hall–Kier alpha value is -2.70. The van der Waals surface area contributed by atoms with Gasteiger partial charge in [-0.05, 0) is 18.1 Å². The number of benzene rings is 1. The highest BCUT2D eigenvalue weighted by atomic mass is 16.5. The Labute approximate surface area is 140 Å². The predicted octanol–water partition coefficient (Wildman–Crippen LogP) is 0.700. The first kappa shape index (κ1) is 17.7. The largest absolute Gasteiger partial charge is 0.548 e. The molecule has 1 N–H and O–H groups in total. The lowest BCUT2D eigenvalue weighted by atomic mass is 10.0. The molecule has 1 atom stereocenters. The summed E-state index contributed by atoms with van der Waals surface area (Å²) in [5.41, 5.74) is 1.11. The molecule has 24 heavy (non-hydrogen) atoms. The number of rotatable bonds is 6. The van der Waals surface area contributed by atoms with Gasteiger partial charge in [-0.25, -0.2) is 0 Å². The summed E-state index contributed by atoms with van der Waals surface area (Å²) in [5.74, 6) is -0.964. The van der Waals surface area contributed by atoms with Crippen molar-refractivity contribution in [3.8, 4) is 11.5 Å². The van der Waals surface area contributed by atoms with Crippen molar-refractivity contribution in [2.24, 2.45) is 13.0 Å². The normalized spacial score (nSPS) is 12.2. The summed E-state index contributed by atoms with van der Waals surface area (Å²) in [4.78, 5) is 23.6. The van der Waals surface area contributed by atoms with Crippen LogP contribution in [-0.4, -0.2) is 36.7 Å². The molecule has 1 aromatic heterocycles. The summed E-state index contributed by atoms with van der Waals surface area (Å²) in [6, 6.07) is 4.16. The number of carbonyl (C=O) groups is 2. The Morgan fingerprint density at radius 2 is 1.71 bits per heavy atom. The van der Waals surface area contributed by atoms with E-state index in [0.717, 1.165) is 10.9 Å². The molecule has 1 amide bonds. The lowest BCUT2D eigenvalue weighted by molar-refractivity contribution is -0.309. The number of carboxylic acid groups (broad SMARTS) is 1. The van der Waals surface area contributed by atoms with E-state index in [1.54, 1.807) is 43.7 Å². The van der Waals surface area contributed by atoms with Gasteiger partial charge < -0.3 is 29.3 Å². The molecular weight excluding hydrogens is 312 g/mol. The van der Waals surface area contributed by atoms with Crippen LogP contribution in [0, 0.1) is 5.92 Å². The predicted molar refractivity (Wildman–Crippen MR) is 87.1 cm³/mol. The van der Waals surface area contributed by atoms with Crippen LogP contribution in [0.4, 0.5) is 0 Å². The van der Waals surface area contributed by atoms with E-state index >= 15 is 0 Å². The summed E-state index contributed by atoms with van der Waals surface area (Å²) in [7, 11) is 4.80. The number of ether oxygens (including phenoxy) is 2. The van der Waals surface area contributed by atoms with Gasteiger partial charge in [0.15, 0.2) is 11.5 Å². The number of nitrogens with one attached hydrogen (secondary N) is 1. The maximum atomic E-state index is 12.5. The average molecular weight is 333 g/mol. The number of methoxy groups -OCH3 is 2. The number of carboxylic acids is 1. The summed E-state index contributed by atoms with van der Waals surface area (Å²) in [5, 5.41) is 14.5. The lowest BCUT2D eigenvalue weighted by Crippen LogP contribution is -2.51. The second kappa shape index (κ2) is 6.82. The number of aryl methyl sites for hydroxylation is 1. The van der Waals surface area contributed by atoms with Crippen molar-refractivity contribution in [1.29, 1.82) is 0 Å². The minimum absolute atomic E-state index is 0.283. The number of hydrogen-bond donors (Lipinski definition) is 1. The highest BCUT2D eigenvalue weighted by Crippen LogP contribution is 2.33. The quantitative estimate of drug-likeness (QED) is 0.840. The van der Waals surface area contributed by atoms with Crippen LogP contribution in [0.25, 0.3) is 10.9 Å². The van der Waals surface area contributed by atoms with E-state index in [1.165, 1.54) is 14.2 Å². The van der Waals surface area contributed by atoms with Gasteiger partial charge in [-0.3, -0.25) is 4.79 Å². The molecular formula is C17H21N2O5-.